The van der Waals surface area contributed by atoms with E-state index in [1.54, 1.807) is 25.3 Å². The van der Waals surface area contributed by atoms with Crippen LogP contribution >= 0.6 is 0 Å². The van der Waals surface area contributed by atoms with E-state index in [1.165, 1.54) is 14.2 Å². The van der Waals surface area contributed by atoms with Crippen LogP contribution in [0.3, 0.4) is 0 Å². The second-order valence-corrected chi connectivity index (χ2v) is 5.64. The monoisotopic (exact) mass is 343 g/mol. The molecule has 1 amide bonds. The average Bonchev–Trinajstić information content (AvgIpc) is 2.69. The molecule has 5 nitrogen and oxygen atoms in total. The summed E-state index contributed by atoms with van der Waals surface area (Å²) in [6.07, 6.45) is 0.719. The Morgan fingerprint density at radius 3 is 2.04 bits per heavy atom. The normalized spacial score (nSPS) is 13.0. The van der Waals surface area contributed by atoms with E-state index in [0.29, 0.717) is 23.6 Å². The van der Waals surface area contributed by atoms with Crippen molar-refractivity contribution in [2.75, 3.05) is 27.9 Å². The van der Waals surface area contributed by atoms with E-state index >= 15 is 0 Å². The third-order valence-corrected chi connectivity index (χ3v) is 4.45. The molecular weight excluding hydrogens is 318 g/mol. The van der Waals surface area contributed by atoms with Crippen molar-refractivity contribution in [1.82, 2.24) is 5.32 Å². The summed E-state index contributed by atoms with van der Waals surface area (Å²) in [5.74, 6) is 0.673. The number of nitrogens with one attached hydrogen (secondary N) is 1. The van der Waals surface area contributed by atoms with Gasteiger partial charge in [0, 0.05) is 7.11 Å². The van der Waals surface area contributed by atoms with Gasteiger partial charge in [-0.2, -0.15) is 0 Å². The Bertz CT molecular complexity index is 674. The zero-order valence-electron chi connectivity index (χ0n) is 15.2. The van der Waals surface area contributed by atoms with Crippen molar-refractivity contribution < 1.29 is 19.0 Å². The molecular formula is C20H25NO4. The van der Waals surface area contributed by atoms with Crippen molar-refractivity contribution in [2.24, 2.45) is 0 Å². The number of ether oxygens (including phenoxy) is 3. The van der Waals surface area contributed by atoms with Gasteiger partial charge in [0.1, 0.15) is 22.7 Å². The molecule has 0 spiro atoms. The summed E-state index contributed by atoms with van der Waals surface area (Å²) in [6.45, 7) is 2.37. The van der Waals surface area contributed by atoms with Gasteiger partial charge in [0.15, 0.2) is 0 Å². The molecule has 1 unspecified atom stereocenters. The Balaban J connectivity index is 2.26. The van der Waals surface area contributed by atoms with Crippen LogP contribution in [0.1, 0.15) is 29.3 Å². The fourth-order valence-electron chi connectivity index (χ4n) is 2.89. The Kier molecular flexibility index (Phi) is 6.42. The van der Waals surface area contributed by atoms with Crippen molar-refractivity contribution in [1.29, 1.82) is 0 Å². The summed E-state index contributed by atoms with van der Waals surface area (Å²) < 4.78 is 16.4. The minimum Gasteiger partial charge on any atom is -0.496 e. The lowest BCUT2D eigenvalue weighted by atomic mass is 9.90. The summed E-state index contributed by atoms with van der Waals surface area (Å²) in [5.41, 5.74) is 0.806. The third-order valence-electron chi connectivity index (χ3n) is 4.45. The molecule has 0 aliphatic heterocycles. The fourth-order valence-corrected chi connectivity index (χ4v) is 2.89. The molecule has 0 saturated carbocycles. The first-order valence-electron chi connectivity index (χ1n) is 8.21. The van der Waals surface area contributed by atoms with Gasteiger partial charge in [-0.05, 0) is 24.1 Å². The van der Waals surface area contributed by atoms with E-state index in [9.17, 15) is 4.79 Å². The van der Waals surface area contributed by atoms with Gasteiger partial charge in [0.2, 0.25) is 0 Å². The zero-order chi connectivity index (χ0) is 18.3. The molecule has 0 aliphatic carbocycles. The first-order chi connectivity index (χ1) is 12.1. The predicted octanol–water partition coefficient (Wildman–Crippen LogP) is 3.39. The van der Waals surface area contributed by atoms with Crippen LogP contribution in [0.15, 0.2) is 48.5 Å². The Morgan fingerprint density at radius 2 is 1.56 bits per heavy atom. The van der Waals surface area contributed by atoms with Gasteiger partial charge >= 0.3 is 0 Å². The first-order valence-corrected chi connectivity index (χ1v) is 8.21. The molecule has 2 aromatic carbocycles. The molecule has 134 valence electrons. The molecule has 2 aromatic rings. The quantitative estimate of drug-likeness (QED) is 0.798. The molecule has 1 atom stereocenters. The molecule has 2 rings (SSSR count). The van der Waals surface area contributed by atoms with Crippen molar-refractivity contribution >= 4 is 5.91 Å². The van der Waals surface area contributed by atoms with Crippen molar-refractivity contribution in [2.45, 2.75) is 18.9 Å². The maximum absolute atomic E-state index is 12.8. The molecule has 0 aliphatic rings. The predicted molar refractivity (Wildman–Crippen MR) is 97.3 cm³/mol. The van der Waals surface area contributed by atoms with E-state index in [0.717, 1.165) is 12.0 Å². The van der Waals surface area contributed by atoms with Crippen LogP contribution in [0.5, 0.6) is 11.5 Å². The number of benzene rings is 2. The van der Waals surface area contributed by atoms with Gasteiger partial charge in [0.25, 0.3) is 5.91 Å². The van der Waals surface area contributed by atoms with E-state index in [-0.39, 0.29) is 5.91 Å². The standard InChI is InChI=1S/C20H25NO4/c1-5-20(25-4,15-10-7-6-8-11-15)14-21-19(22)18-16(23-2)12-9-13-17(18)24-3/h6-13H,5,14H2,1-4H3,(H,21,22). The minimum absolute atomic E-state index is 0.264. The highest BCUT2D eigenvalue weighted by Gasteiger charge is 2.31. The van der Waals surface area contributed by atoms with Crippen LogP contribution in [0.25, 0.3) is 0 Å². The topological polar surface area (TPSA) is 56.8 Å². The van der Waals surface area contributed by atoms with Crippen LogP contribution in [-0.4, -0.2) is 33.8 Å². The number of methoxy groups -OCH3 is 3. The summed E-state index contributed by atoms with van der Waals surface area (Å²) >= 11 is 0. The second-order valence-electron chi connectivity index (χ2n) is 5.64. The van der Waals surface area contributed by atoms with Crippen LogP contribution in [0, 0.1) is 0 Å². The Labute approximate surface area is 148 Å². The largest absolute Gasteiger partial charge is 0.496 e. The number of rotatable bonds is 8. The molecule has 1 N–H and O–H groups in total. The lowest BCUT2D eigenvalue weighted by Crippen LogP contribution is -2.42. The fraction of sp³-hybridized carbons (Fsp3) is 0.350. The van der Waals surface area contributed by atoms with E-state index in [4.69, 9.17) is 14.2 Å². The summed E-state index contributed by atoms with van der Waals surface area (Å²) in [5, 5.41) is 2.97. The van der Waals surface area contributed by atoms with E-state index in [2.05, 4.69) is 5.32 Å². The highest BCUT2D eigenvalue weighted by molar-refractivity contribution is 5.99. The van der Waals surface area contributed by atoms with Gasteiger partial charge in [-0.25, -0.2) is 0 Å². The maximum Gasteiger partial charge on any atom is 0.258 e. The Morgan fingerprint density at radius 1 is 0.960 bits per heavy atom. The molecule has 0 heterocycles. The number of carbonyl (C=O) groups is 1. The van der Waals surface area contributed by atoms with Crippen LogP contribution in [0.2, 0.25) is 0 Å². The smallest absolute Gasteiger partial charge is 0.258 e. The van der Waals surface area contributed by atoms with Gasteiger partial charge in [-0.1, -0.05) is 43.3 Å². The number of hydrogen-bond donors (Lipinski definition) is 1. The summed E-state index contributed by atoms with van der Waals surface area (Å²) in [6, 6.07) is 15.1. The average molecular weight is 343 g/mol. The molecule has 0 bridgehead atoms. The lowest BCUT2D eigenvalue weighted by molar-refractivity contribution is -0.0164. The van der Waals surface area contributed by atoms with Crippen molar-refractivity contribution in [3.05, 3.63) is 59.7 Å². The number of carbonyl (C=O) groups excluding carboxylic acids is 1. The maximum atomic E-state index is 12.8. The van der Waals surface area contributed by atoms with Gasteiger partial charge in [-0.3, -0.25) is 4.79 Å². The van der Waals surface area contributed by atoms with Gasteiger partial charge in [0.05, 0.1) is 20.8 Å². The molecule has 0 radical (unpaired) electrons. The van der Waals surface area contributed by atoms with Crippen molar-refractivity contribution in [3.63, 3.8) is 0 Å². The summed E-state index contributed by atoms with van der Waals surface area (Å²) in [4.78, 5) is 12.8. The summed E-state index contributed by atoms with van der Waals surface area (Å²) in [7, 11) is 4.72. The van der Waals surface area contributed by atoms with Crippen LogP contribution in [0.4, 0.5) is 0 Å². The highest BCUT2D eigenvalue weighted by atomic mass is 16.5. The van der Waals surface area contributed by atoms with Crippen LogP contribution in [-0.2, 0) is 10.3 Å². The SMILES string of the molecule is CCC(CNC(=O)c1c(OC)cccc1OC)(OC)c1ccccc1. The third kappa shape index (κ3) is 3.94. The molecule has 5 heteroatoms. The first kappa shape index (κ1) is 18.8. The van der Waals surface area contributed by atoms with Gasteiger partial charge < -0.3 is 19.5 Å². The Hall–Kier alpha value is -2.53. The highest BCUT2D eigenvalue weighted by Crippen LogP contribution is 2.30. The molecule has 25 heavy (non-hydrogen) atoms. The second kappa shape index (κ2) is 8.53. The number of amides is 1. The zero-order valence-corrected chi connectivity index (χ0v) is 15.2. The van der Waals surface area contributed by atoms with Crippen molar-refractivity contribution in [3.8, 4) is 11.5 Å². The minimum atomic E-state index is -0.591. The van der Waals surface area contributed by atoms with Gasteiger partial charge in [-0.15, -0.1) is 0 Å². The van der Waals surface area contributed by atoms with E-state index in [1.807, 2.05) is 37.3 Å². The molecule has 0 fully saturated rings. The lowest BCUT2D eigenvalue weighted by Gasteiger charge is -2.32. The number of hydrogen-bond acceptors (Lipinski definition) is 4. The van der Waals surface area contributed by atoms with E-state index < -0.39 is 5.60 Å². The molecule has 0 aromatic heterocycles. The van der Waals surface area contributed by atoms with Crippen LogP contribution < -0.4 is 14.8 Å². The molecule has 0 saturated heterocycles.